The first-order chi connectivity index (χ1) is 13.3. The van der Waals surface area contributed by atoms with Crippen molar-refractivity contribution in [1.82, 2.24) is 10.6 Å². The Morgan fingerprint density at radius 2 is 1.57 bits per heavy atom. The number of anilines is 1. The van der Waals surface area contributed by atoms with E-state index in [0.717, 1.165) is 16.8 Å². The zero-order chi connectivity index (χ0) is 20.5. The van der Waals surface area contributed by atoms with Crippen molar-refractivity contribution in [3.05, 3.63) is 65.7 Å². The van der Waals surface area contributed by atoms with Crippen LogP contribution in [0, 0.1) is 5.92 Å². The van der Waals surface area contributed by atoms with Crippen molar-refractivity contribution in [3.8, 4) is 0 Å². The molecule has 3 amide bonds. The molecule has 0 saturated heterocycles. The molecule has 0 aliphatic rings. The van der Waals surface area contributed by atoms with Gasteiger partial charge in [0.1, 0.15) is 0 Å². The van der Waals surface area contributed by atoms with E-state index in [9.17, 15) is 14.4 Å². The van der Waals surface area contributed by atoms with Crippen LogP contribution in [-0.2, 0) is 20.9 Å². The second kappa shape index (κ2) is 10.3. The minimum atomic E-state index is -0.368. The molecule has 6 heteroatoms. The smallest absolute Gasteiger partial charge is 0.226 e. The summed E-state index contributed by atoms with van der Waals surface area (Å²) in [5.41, 5.74) is 2.54. The highest BCUT2D eigenvalue weighted by molar-refractivity contribution is 5.92. The summed E-state index contributed by atoms with van der Waals surface area (Å²) in [5.74, 6) is -0.452. The number of hydrogen-bond donors (Lipinski definition) is 3. The van der Waals surface area contributed by atoms with Crippen LogP contribution in [0.15, 0.2) is 54.6 Å². The average Bonchev–Trinajstić information content (AvgIpc) is 2.67. The van der Waals surface area contributed by atoms with Gasteiger partial charge in [-0.25, -0.2) is 0 Å². The van der Waals surface area contributed by atoms with Gasteiger partial charge in [0.15, 0.2) is 0 Å². The van der Waals surface area contributed by atoms with Gasteiger partial charge < -0.3 is 16.0 Å². The summed E-state index contributed by atoms with van der Waals surface area (Å²) in [7, 11) is 0. The molecule has 1 atom stereocenters. The third kappa shape index (κ3) is 6.87. The summed E-state index contributed by atoms with van der Waals surface area (Å²) in [5, 5.41) is 8.52. The van der Waals surface area contributed by atoms with Crippen LogP contribution in [-0.4, -0.2) is 17.7 Å². The lowest BCUT2D eigenvalue weighted by atomic mass is 10.0. The van der Waals surface area contributed by atoms with Crippen LogP contribution in [0.25, 0.3) is 0 Å². The summed E-state index contributed by atoms with van der Waals surface area (Å²) < 4.78 is 0. The van der Waals surface area contributed by atoms with E-state index in [1.807, 2.05) is 68.4 Å². The molecule has 1 unspecified atom stereocenters. The Labute approximate surface area is 165 Å². The standard InChI is InChI=1S/C22H27N3O3/c1-15(2)22(28)25-19-11-9-17(10-12-19)14-23-21(27)13-20(24-16(3)26)18-7-5-4-6-8-18/h4-12,15,20H,13-14H2,1-3H3,(H,23,27)(H,24,26)(H,25,28). The van der Waals surface area contributed by atoms with Crippen molar-refractivity contribution in [2.45, 2.75) is 39.8 Å². The van der Waals surface area contributed by atoms with Crippen LogP contribution < -0.4 is 16.0 Å². The van der Waals surface area contributed by atoms with E-state index >= 15 is 0 Å². The number of rotatable bonds is 8. The maximum Gasteiger partial charge on any atom is 0.226 e. The maximum atomic E-state index is 12.3. The van der Waals surface area contributed by atoms with E-state index in [1.165, 1.54) is 6.92 Å². The van der Waals surface area contributed by atoms with Crippen molar-refractivity contribution in [2.24, 2.45) is 5.92 Å². The molecule has 0 heterocycles. The number of carbonyl (C=O) groups is 3. The minimum Gasteiger partial charge on any atom is -0.352 e. The van der Waals surface area contributed by atoms with Crippen molar-refractivity contribution >= 4 is 23.4 Å². The number of benzene rings is 2. The van der Waals surface area contributed by atoms with E-state index in [2.05, 4.69) is 16.0 Å². The van der Waals surface area contributed by atoms with Crippen LogP contribution in [0.5, 0.6) is 0 Å². The Balaban J connectivity index is 1.90. The number of hydrogen-bond acceptors (Lipinski definition) is 3. The van der Waals surface area contributed by atoms with E-state index in [-0.39, 0.29) is 36.1 Å². The molecular formula is C22H27N3O3. The quantitative estimate of drug-likeness (QED) is 0.656. The van der Waals surface area contributed by atoms with Crippen molar-refractivity contribution in [1.29, 1.82) is 0 Å². The fourth-order valence-corrected chi connectivity index (χ4v) is 2.63. The molecule has 2 aromatic carbocycles. The van der Waals surface area contributed by atoms with Gasteiger partial charge in [0.05, 0.1) is 12.5 Å². The molecule has 0 bridgehead atoms. The number of amides is 3. The first-order valence-corrected chi connectivity index (χ1v) is 9.33. The van der Waals surface area contributed by atoms with Crippen molar-refractivity contribution < 1.29 is 14.4 Å². The van der Waals surface area contributed by atoms with Gasteiger partial charge in [-0.05, 0) is 23.3 Å². The van der Waals surface area contributed by atoms with Crippen LogP contribution in [0.1, 0.15) is 44.4 Å². The number of nitrogens with one attached hydrogen (secondary N) is 3. The Bertz CT molecular complexity index is 802. The van der Waals surface area contributed by atoms with Crippen LogP contribution in [0.4, 0.5) is 5.69 Å². The molecule has 0 aliphatic heterocycles. The largest absolute Gasteiger partial charge is 0.352 e. The molecule has 2 aromatic rings. The second-order valence-corrected chi connectivity index (χ2v) is 6.99. The Kier molecular flexibility index (Phi) is 7.75. The Morgan fingerprint density at radius 1 is 0.929 bits per heavy atom. The molecule has 28 heavy (non-hydrogen) atoms. The van der Waals surface area contributed by atoms with Crippen LogP contribution in [0.3, 0.4) is 0 Å². The molecule has 0 spiro atoms. The summed E-state index contributed by atoms with van der Waals surface area (Å²) in [6.07, 6.45) is 0.159. The third-order valence-electron chi connectivity index (χ3n) is 4.20. The minimum absolute atomic E-state index is 0.0361. The molecule has 0 fully saturated rings. The van der Waals surface area contributed by atoms with Gasteiger partial charge in [-0.3, -0.25) is 14.4 Å². The molecule has 2 rings (SSSR count). The van der Waals surface area contributed by atoms with Crippen molar-refractivity contribution in [3.63, 3.8) is 0 Å². The molecule has 148 valence electrons. The lowest BCUT2D eigenvalue weighted by Crippen LogP contribution is -2.32. The monoisotopic (exact) mass is 381 g/mol. The summed E-state index contributed by atoms with van der Waals surface area (Å²) >= 11 is 0. The Hall–Kier alpha value is -3.15. The first kappa shape index (κ1) is 21.2. The van der Waals surface area contributed by atoms with Gasteiger partial charge in [-0.15, -0.1) is 0 Å². The molecule has 0 radical (unpaired) electrons. The highest BCUT2D eigenvalue weighted by atomic mass is 16.2. The molecule has 0 aliphatic carbocycles. The lowest BCUT2D eigenvalue weighted by molar-refractivity contribution is -0.123. The lowest BCUT2D eigenvalue weighted by Gasteiger charge is -2.18. The first-order valence-electron chi connectivity index (χ1n) is 9.33. The van der Waals surface area contributed by atoms with E-state index in [4.69, 9.17) is 0 Å². The normalized spacial score (nSPS) is 11.6. The average molecular weight is 381 g/mol. The summed E-state index contributed by atoms with van der Waals surface area (Å²) in [4.78, 5) is 35.5. The second-order valence-electron chi connectivity index (χ2n) is 6.99. The SMILES string of the molecule is CC(=O)NC(CC(=O)NCc1ccc(NC(=O)C(C)C)cc1)c1ccccc1. The maximum absolute atomic E-state index is 12.3. The van der Waals surface area contributed by atoms with E-state index in [1.54, 1.807) is 0 Å². The van der Waals surface area contributed by atoms with Crippen LogP contribution in [0.2, 0.25) is 0 Å². The van der Waals surface area contributed by atoms with E-state index in [0.29, 0.717) is 6.54 Å². The molecular weight excluding hydrogens is 354 g/mol. The van der Waals surface area contributed by atoms with Gasteiger partial charge in [0.2, 0.25) is 17.7 Å². The topological polar surface area (TPSA) is 87.3 Å². The fourth-order valence-electron chi connectivity index (χ4n) is 2.63. The van der Waals surface area contributed by atoms with Gasteiger partial charge >= 0.3 is 0 Å². The summed E-state index contributed by atoms with van der Waals surface area (Å²) in [6.45, 7) is 5.48. The van der Waals surface area contributed by atoms with Crippen molar-refractivity contribution in [2.75, 3.05) is 5.32 Å². The Morgan fingerprint density at radius 3 is 2.14 bits per heavy atom. The highest BCUT2D eigenvalue weighted by Crippen LogP contribution is 2.17. The molecule has 6 nitrogen and oxygen atoms in total. The molecule has 0 aromatic heterocycles. The molecule has 0 saturated carbocycles. The van der Waals surface area contributed by atoms with Crippen LogP contribution >= 0.6 is 0 Å². The predicted octanol–water partition coefficient (Wildman–Crippen LogP) is 3.16. The van der Waals surface area contributed by atoms with Gasteiger partial charge in [0.25, 0.3) is 0 Å². The zero-order valence-electron chi connectivity index (χ0n) is 16.5. The summed E-state index contributed by atoms with van der Waals surface area (Å²) in [6, 6.07) is 16.4. The third-order valence-corrected chi connectivity index (χ3v) is 4.20. The van der Waals surface area contributed by atoms with Gasteiger partial charge in [-0.1, -0.05) is 56.3 Å². The zero-order valence-corrected chi connectivity index (χ0v) is 16.5. The van der Waals surface area contributed by atoms with E-state index < -0.39 is 0 Å². The fraction of sp³-hybridized carbons (Fsp3) is 0.318. The van der Waals surface area contributed by atoms with Gasteiger partial charge in [0, 0.05) is 25.1 Å². The highest BCUT2D eigenvalue weighted by Gasteiger charge is 2.16. The predicted molar refractivity (Wildman–Crippen MR) is 109 cm³/mol. The molecule has 3 N–H and O–H groups in total. The number of carbonyl (C=O) groups excluding carboxylic acids is 3. The van der Waals surface area contributed by atoms with Gasteiger partial charge in [-0.2, -0.15) is 0 Å².